The number of para-hydroxylation sites is 1. The van der Waals surface area contributed by atoms with Crippen LogP contribution in [0, 0.1) is 5.82 Å². The van der Waals surface area contributed by atoms with Gasteiger partial charge in [-0.25, -0.2) is 9.38 Å². The van der Waals surface area contributed by atoms with E-state index in [0.29, 0.717) is 33.4 Å². The van der Waals surface area contributed by atoms with Crippen molar-refractivity contribution in [1.29, 1.82) is 0 Å². The fraction of sp³-hybridized carbons (Fsp3) is 0.0870. The molecule has 2 N–H and O–H groups in total. The van der Waals surface area contributed by atoms with Crippen LogP contribution >= 0.6 is 22.3 Å². The summed E-state index contributed by atoms with van der Waals surface area (Å²) >= 11 is 6.25. The highest BCUT2D eigenvalue weighted by atomic mass is 35.5. The van der Waals surface area contributed by atoms with Gasteiger partial charge < -0.3 is 10.0 Å². The van der Waals surface area contributed by atoms with Crippen molar-refractivity contribution >= 4 is 45.1 Å². The van der Waals surface area contributed by atoms with Crippen molar-refractivity contribution in [2.45, 2.75) is 18.4 Å². The van der Waals surface area contributed by atoms with Crippen molar-refractivity contribution in [3.05, 3.63) is 94.3 Å². The zero-order chi connectivity index (χ0) is 21.1. The fourth-order valence-electron chi connectivity index (χ4n) is 3.17. The number of fused-ring (bicyclic) bond motifs is 1. The van der Waals surface area contributed by atoms with Gasteiger partial charge in [0.15, 0.2) is 5.78 Å². The van der Waals surface area contributed by atoms with Crippen LogP contribution in [0.4, 0.5) is 10.1 Å². The van der Waals surface area contributed by atoms with Crippen molar-refractivity contribution in [2.75, 3.05) is 5.32 Å². The number of hydrogen-bond acceptors (Lipinski definition) is 2. The van der Waals surface area contributed by atoms with Gasteiger partial charge >= 0.3 is 0 Å². The smallest absolute Gasteiger partial charge is 0.206 e. The molecule has 0 spiro atoms. The Kier molecular flexibility index (Phi) is 5.97. The SMILES string of the molecule is C/C=S1\NC(=NCc2ccccc2F)Nc2c(C(=O)c3ccccc3Cl)cccc21. The third kappa shape index (κ3) is 4.01. The van der Waals surface area contributed by atoms with E-state index < -0.39 is 10.7 Å². The van der Waals surface area contributed by atoms with Crippen LogP contribution in [0.1, 0.15) is 28.4 Å². The van der Waals surface area contributed by atoms with Gasteiger partial charge in [-0.2, -0.15) is 0 Å². The molecular weight excluding hydrogens is 421 g/mol. The lowest BCUT2D eigenvalue weighted by Crippen LogP contribution is -2.32. The normalized spacial score (nSPS) is 16.6. The predicted octanol–water partition coefficient (Wildman–Crippen LogP) is 5.65. The van der Waals surface area contributed by atoms with Crippen molar-refractivity contribution < 1.29 is 9.18 Å². The number of rotatable bonds is 4. The molecule has 0 aliphatic carbocycles. The summed E-state index contributed by atoms with van der Waals surface area (Å²) in [6, 6.07) is 19.1. The highest BCUT2D eigenvalue weighted by Gasteiger charge is 2.24. The van der Waals surface area contributed by atoms with Crippen LogP contribution in [-0.2, 0) is 6.54 Å². The minimum atomic E-state index is -0.456. The molecule has 1 aliphatic rings. The lowest BCUT2D eigenvalue weighted by Gasteiger charge is -2.26. The van der Waals surface area contributed by atoms with E-state index in [0.717, 1.165) is 4.90 Å². The molecule has 0 bridgehead atoms. The van der Waals surface area contributed by atoms with Gasteiger partial charge in [0.25, 0.3) is 0 Å². The number of guanidine groups is 1. The van der Waals surface area contributed by atoms with Crippen LogP contribution in [0.3, 0.4) is 0 Å². The topological polar surface area (TPSA) is 53.5 Å². The molecule has 1 heterocycles. The summed E-state index contributed by atoms with van der Waals surface area (Å²) in [5, 5.41) is 5.65. The summed E-state index contributed by atoms with van der Waals surface area (Å²) in [5.74, 6) is 0.0280. The first-order chi connectivity index (χ1) is 14.6. The molecule has 3 aromatic rings. The molecule has 1 unspecified atom stereocenters. The Morgan fingerprint density at radius 1 is 1.07 bits per heavy atom. The summed E-state index contributed by atoms with van der Waals surface area (Å²) in [5.41, 5.74) is 2.15. The summed E-state index contributed by atoms with van der Waals surface area (Å²) in [6.45, 7) is 2.13. The average Bonchev–Trinajstić information content (AvgIpc) is 2.77. The molecule has 3 aromatic carbocycles. The predicted molar refractivity (Wildman–Crippen MR) is 123 cm³/mol. The van der Waals surface area contributed by atoms with Crippen molar-refractivity contribution in [2.24, 2.45) is 4.99 Å². The number of anilines is 1. The maximum Gasteiger partial charge on any atom is 0.206 e. The molecule has 0 saturated carbocycles. The molecule has 0 saturated heterocycles. The molecule has 1 aliphatic heterocycles. The minimum absolute atomic E-state index is 0.167. The second kappa shape index (κ2) is 8.81. The molecule has 0 aromatic heterocycles. The molecular formula is C23H19ClFN3OS. The lowest BCUT2D eigenvalue weighted by atomic mass is 10.0. The van der Waals surface area contributed by atoms with E-state index >= 15 is 0 Å². The number of carbonyl (C=O) groups is 1. The molecule has 1 atom stereocenters. The number of ketones is 1. The van der Waals surface area contributed by atoms with Crippen LogP contribution < -0.4 is 10.0 Å². The molecule has 0 radical (unpaired) electrons. The minimum Gasteiger partial charge on any atom is -0.324 e. The molecule has 152 valence electrons. The lowest BCUT2D eigenvalue weighted by molar-refractivity contribution is 0.103. The second-order valence-electron chi connectivity index (χ2n) is 6.54. The van der Waals surface area contributed by atoms with Crippen LogP contribution in [0.25, 0.3) is 0 Å². The Bertz CT molecular complexity index is 1190. The number of carbonyl (C=O) groups excluding carboxylic acids is 1. The third-order valence-electron chi connectivity index (χ3n) is 4.68. The van der Waals surface area contributed by atoms with Crippen molar-refractivity contribution in [1.82, 2.24) is 4.72 Å². The molecule has 0 amide bonds. The monoisotopic (exact) mass is 439 g/mol. The number of benzene rings is 3. The van der Waals surface area contributed by atoms with Gasteiger partial charge in [-0.1, -0.05) is 58.7 Å². The first-order valence-corrected chi connectivity index (χ1v) is 11.0. The number of nitrogens with zero attached hydrogens (tertiary/aromatic N) is 1. The number of nitrogens with one attached hydrogen (secondary N) is 2. The van der Waals surface area contributed by atoms with E-state index in [1.165, 1.54) is 6.07 Å². The zero-order valence-electron chi connectivity index (χ0n) is 16.2. The van der Waals surface area contributed by atoms with Gasteiger partial charge in [0.05, 0.1) is 17.3 Å². The van der Waals surface area contributed by atoms with Gasteiger partial charge in [-0.15, -0.1) is 0 Å². The van der Waals surface area contributed by atoms with E-state index in [1.807, 2.05) is 24.4 Å². The summed E-state index contributed by atoms with van der Waals surface area (Å²) in [6.07, 6.45) is 0. The van der Waals surface area contributed by atoms with E-state index in [-0.39, 0.29) is 18.1 Å². The quantitative estimate of drug-likeness (QED) is 0.408. The highest BCUT2D eigenvalue weighted by molar-refractivity contribution is 8.14. The second-order valence-corrected chi connectivity index (χ2v) is 8.74. The Hall–Kier alpha value is -2.96. The van der Waals surface area contributed by atoms with Crippen LogP contribution in [0.15, 0.2) is 76.6 Å². The Morgan fingerprint density at radius 3 is 2.57 bits per heavy atom. The maximum absolute atomic E-state index is 13.9. The van der Waals surface area contributed by atoms with E-state index in [1.54, 1.807) is 48.5 Å². The molecule has 30 heavy (non-hydrogen) atoms. The highest BCUT2D eigenvalue weighted by Crippen LogP contribution is 2.37. The summed E-state index contributed by atoms with van der Waals surface area (Å²) < 4.78 is 17.3. The standard InChI is InChI=1S/C23H19ClFN3OS/c1-2-30-20-13-7-10-17(22(29)16-9-4-5-11-18(16)24)21(20)27-23(28-30)26-14-15-8-3-6-12-19(15)25/h2-13H,14H2,1H3,(H2,26,27,28). The molecule has 7 heteroatoms. The first kappa shape index (κ1) is 20.3. The van der Waals surface area contributed by atoms with Crippen molar-refractivity contribution in [3.8, 4) is 0 Å². The zero-order valence-corrected chi connectivity index (χ0v) is 17.7. The van der Waals surface area contributed by atoms with E-state index in [9.17, 15) is 9.18 Å². The maximum atomic E-state index is 13.9. The number of aliphatic imine (C=N–C) groups is 1. The number of hydrogen-bond donors (Lipinski definition) is 2. The molecule has 4 rings (SSSR count). The molecule has 0 fully saturated rings. The van der Waals surface area contributed by atoms with Crippen molar-refractivity contribution in [3.63, 3.8) is 0 Å². The van der Waals surface area contributed by atoms with E-state index in [4.69, 9.17) is 11.6 Å². The fourth-order valence-corrected chi connectivity index (χ4v) is 4.81. The summed E-state index contributed by atoms with van der Waals surface area (Å²) in [4.78, 5) is 18.7. The Balaban J connectivity index is 1.72. The van der Waals surface area contributed by atoms with Crippen LogP contribution in [0.5, 0.6) is 0 Å². The van der Waals surface area contributed by atoms with Gasteiger partial charge in [-0.05, 0) is 42.6 Å². The average molecular weight is 440 g/mol. The molecule has 4 nitrogen and oxygen atoms in total. The third-order valence-corrected chi connectivity index (χ3v) is 6.71. The van der Waals surface area contributed by atoms with E-state index in [2.05, 4.69) is 15.0 Å². The Morgan fingerprint density at radius 2 is 1.80 bits per heavy atom. The van der Waals surface area contributed by atoms with Gasteiger partial charge in [0.1, 0.15) is 5.82 Å². The van der Waals surface area contributed by atoms with Crippen LogP contribution in [0.2, 0.25) is 5.02 Å². The first-order valence-electron chi connectivity index (χ1n) is 9.35. The van der Waals surface area contributed by atoms with Gasteiger partial charge in [-0.3, -0.25) is 4.79 Å². The summed E-state index contributed by atoms with van der Waals surface area (Å²) in [7, 11) is -0.456. The van der Waals surface area contributed by atoms with Gasteiger partial charge in [0, 0.05) is 21.6 Å². The van der Waals surface area contributed by atoms with Crippen LogP contribution in [-0.4, -0.2) is 17.1 Å². The largest absolute Gasteiger partial charge is 0.324 e. The number of halogens is 2. The Labute approximate surface area is 181 Å². The van der Waals surface area contributed by atoms with Gasteiger partial charge in [0.2, 0.25) is 5.96 Å².